The molecule has 0 fully saturated rings. The Kier molecular flexibility index (Phi) is 6.39. The summed E-state index contributed by atoms with van der Waals surface area (Å²) in [6.07, 6.45) is 0. The molecule has 0 saturated heterocycles. The van der Waals surface area contributed by atoms with E-state index in [1.165, 1.54) is 10.9 Å². The maximum Gasteiger partial charge on any atom is 0.135 e. The van der Waals surface area contributed by atoms with E-state index in [1.54, 1.807) is 0 Å². The Labute approximate surface area is 146 Å². The predicted molar refractivity (Wildman–Crippen MR) is 97.7 cm³/mol. The first-order valence-corrected chi connectivity index (χ1v) is 8.13. The molecule has 0 saturated carbocycles. The molecule has 2 nitrogen and oxygen atoms in total. The van der Waals surface area contributed by atoms with Crippen molar-refractivity contribution in [1.29, 1.82) is 0 Å². The number of alkyl halides is 2. The third-order valence-electron chi connectivity index (χ3n) is 3.65. The molecule has 0 radical (unpaired) electrons. The maximum absolute atomic E-state index is 5.85. The number of hydrogen-bond donors (Lipinski definition) is 0. The molecule has 3 aromatic rings. The molecule has 0 N–H and O–H groups in total. The van der Waals surface area contributed by atoms with E-state index in [0.717, 1.165) is 36.2 Å². The van der Waals surface area contributed by atoms with Crippen LogP contribution >= 0.6 is 35.6 Å². The van der Waals surface area contributed by atoms with Crippen LogP contribution in [0.4, 0.5) is 0 Å². The van der Waals surface area contributed by atoms with E-state index >= 15 is 0 Å². The molecule has 3 rings (SSSR count). The van der Waals surface area contributed by atoms with Crippen molar-refractivity contribution in [3.63, 3.8) is 0 Å². The van der Waals surface area contributed by atoms with Gasteiger partial charge in [0.05, 0.1) is 0 Å². The fourth-order valence-corrected chi connectivity index (χ4v) is 3.12. The molecule has 118 valence electrons. The van der Waals surface area contributed by atoms with Gasteiger partial charge in [-0.05, 0) is 23.8 Å². The van der Waals surface area contributed by atoms with E-state index in [4.69, 9.17) is 27.6 Å². The van der Waals surface area contributed by atoms with Crippen LogP contribution in [-0.2, 0) is 6.54 Å². The first kappa shape index (κ1) is 17.4. The quantitative estimate of drug-likeness (QED) is 0.557. The summed E-state index contributed by atoms with van der Waals surface area (Å²) in [7, 11) is 0. The van der Waals surface area contributed by atoms with Crippen LogP contribution in [0.2, 0.25) is 0 Å². The van der Waals surface area contributed by atoms with Crippen LogP contribution in [0, 0.1) is 0 Å². The lowest BCUT2D eigenvalue weighted by molar-refractivity contribution is 0.299. The van der Waals surface area contributed by atoms with Crippen molar-refractivity contribution in [2.24, 2.45) is 0 Å². The van der Waals surface area contributed by atoms with E-state index in [-0.39, 0.29) is 12.4 Å². The first-order chi connectivity index (χ1) is 10.3. The van der Waals surface area contributed by atoms with Crippen LogP contribution in [0.5, 0.6) is 0 Å². The van der Waals surface area contributed by atoms with Crippen molar-refractivity contribution in [1.82, 2.24) is 4.90 Å². The van der Waals surface area contributed by atoms with Gasteiger partial charge in [-0.3, -0.25) is 4.90 Å². The summed E-state index contributed by atoms with van der Waals surface area (Å²) in [5, 5.41) is 2.33. The van der Waals surface area contributed by atoms with Crippen LogP contribution in [0.1, 0.15) is 5.56 Å². The summed E-state index contributed by atoms with van der Waals surface area (Å²) in [6, 6.07) is 14.5. The highest BCUT2D eigenvalue weighted by molar-refractivity contribution is 6.18. The molecule has 0 aliphatic heterocycles. The van der Waals surface area contributed by atoms with Crippen LogP contribution in [0.25, 0.3) is 21.9 Å². The van der Waals surface area contributed by atoms with Gasteiger partial charge in [-0.25, -0.2) is 0 Å². The average Bonchev–Trinajstić information content (AvgIpc) is 2.86. The molecule has 22 heavy (non-hydrogen) atoms. The van der Waals surface area contributed by atoms with Crippen molar-refractivity contribution >= 4 is 57.5 Å². The minimum atomic E-state index is 0. The van der Waals surface area contributed by atoms with Gasteiger partial charge in [0.2, 0.25) is 0 Å². The number of hydrogen-bond acceptors (Lipinski definition) is 2. The molecule has 0 amide bonds. The number of nitrogens with zero attached hydrogens (tertiary/aromatic N) is 1. The second-order valence-electron chi connectivity index (χ2n) is 5.08. The zero-order valence-electron chi connectivity index (χ0n) is 12.1. The number of benzene rings is 2. The average molecular weight is 359 g/mol. The molecular formula is C17H18Cl3NO. The van der Waals surface area contributed by atoms with Crippen molar-refractivity contribution < 1.29 is 4.42 Å². The lowest BCUT2D eigenvalue weighted by Gasteiger charge is -2.19. The van der Waals surface area contributed by atoms with E-state index in [1.807, 2.05) is 24.3 Å². The van der Waals surface area contributed by atoms with Gasteiger partial charge in [-0.15, -0.1) is 35.6 Å². The molecule has 5 heteroatoms. The third kappa shape index (κ3) is 3.69. The zero-order chi connectivity index (χ0) is 14.7. The lowest BCUT2D eigenvalue weighted by atomic mass is 10.1. The Bertz CT molecular complexity index is 735. The molecule has 0 unspecified atom stereocenters. The smallest absolute Gasteiger partial charge is 0.135 e. The number of fused-ring (bicyclic) bond motifs is 3. The number of rotatable bonds is 6. The van der Waals surface area contributed by atoms with Gasteiger partial charge in [-0.2, -0.15) is 0 Å². The Morgan fingerprint density at radius 1 is 0.864 bits per heavy atom. The molecule has 0 aliphatic carbocycles. The summed E-state index contributed by atoms with van der Waals surface area (Å²) in [5.74, 6) is 1.24. The zero-order valence-corrected chi connectivity index (χ0v) is 14.4. The van der Waals surface area contributed by atoms with Gasteiger partial charge >= 0.3 is 0 Å². The van der Waals surface area contributed by atoms with E-state index in [0.29, 0.717) is 11.8 Å². The van der Waals surface area contributed by atoms with Gasteiger partial charge in [0.25, 0.3) is 0 Å². The minimum absolute atomic E-state index is 0. The Balaban J connectivity index is 0.00000176. The second-order valence-corrected chi connectivity index (χ2v) is 5.84. The fourth-order valence-electron chi connectivity index (χ4n) is 2.64. The second kappa shape index (κ2) is 8.07. The molecule has 0 aliphatic rings. The van der Waals surface area contributed by atoms with Crippen molar-refractivity contribution in [3.8, 4) is 0 Å². The summed E-state index contributed by atoms with van der Waals surface area (Å²) in [5.41, 5.74) is 3.12. The van der Waals surface area contributed by atoms with E-state index in [9.17, 15) is 0 Å². The van der Waals surface area contributed by atoms with E-state index in [2.05, 4.69) is 23.1 Å². The summed E-state index contributed by atoms with van der Waals surface area (Å²) < 4.78 is 5.85. The molecule has 1 aromatic heterocycles. The molecular weight excluding hydrogens is 341 g/mol. The SMILES string of the molecule is Cl.ClCCN(CCCl)Cc1ccc2oc3ccccc3c2c1. The van der Waals surface area contributed by atoms with Crippen molar-refractivity contribution in [2.45, 2.75) is 6.54 Å². The van der Waals surface area contributed by atoms with Gasteiger partial charge in [0.15, 0.2) is 0 Å². The normalized spacial score (nSPS) is 11.2. The molecule has 0 spiro atoms. The summed E-state index contributed by atoms with van der Waals surface area (Å²) in [6.45, 7) is 2.55. The monoisotopic (exact) mass is 357 g/mol. The van der Waals surface area contributed by atoms with Gasteiger partial charge < -0.3 is 4.42 Å². The van der Waals surface area contributed by atoms with Crippen LogP contribution < -0.4 is 0 Å². The van der Waals surface area contributed by atoms with Crippen LogP contribution in [0.3, 0.4) is 0 Å². The fraction of sp³-hybridized carbons (Fsp3) is 0.294. The van der Waals surface area contributed by atoms with Crippen LogP contribution in [0.15, 0.2) is 46.9 Å². The molecule has 0 bridgehead atoms. The van der Waals surface area contributed by atoms with Gasteiger partial charge in [0.1, 0.15) is 11.2 Å². The highest BCUT2D eigenvalue weighted by Gasteiger charge is 2.09. The molecule has 1 heterocycles. The van der Waals surface area contributed by atoms with Crippen molar-refractivity contribution in [2.75, 3.05) is 24.8 Å². The highest BCUT2D eigenvalue weighted by atomic mass is 35.5. The standard InChI is InChI=1S/C17H17Cl2NO.ClH/c18-7-9-20(10-8-19)12-13-5-6-17-15(11-13)14-3-1-2-4-16(14)21-17;/h1-6,11H,7-10,12H2;1H. The first-order valence-electron chi connectivity index (χ1n) is 7.06. The topological polar surface area (TPSA) is 16.4 Å². The van der Waals surface area contributed by atoms with E-state index < -0.39 is 0 Å². The molecule has 0 atom stereocenters. The minimum Gasteiger partial charge on any atom is -0.456 e. The van der Waals surface area contributed by atoms with Gasteiger partial charge in [0, 0.05) is 42.2 Å². The number of furan rings is 1. The lowest BCUT2D eigenvalue weighted by Crippen LogP contribution is -2.27. The Hall–Kier alpha value is -0.930. The largest absolute Gasteiger partial charge is 0.456 e. The highest BCUT2D eigenvalue weighted by Crippen LogP contribution is 2.29. The Morgan fingerprint density at radius 3 is 2.27 bits per heavy atom. The maximum atomic E-state index is 5.85. The van der Waals surface area contributed by atoms with Crippen molar-refractivity contribution in [3.05, 3.63) is 48.0 Å². The molecule has 2 aromatic carbocycles. The number of halogens is 3. The third-order valence-corrected chi connectivity index (χ3v) is 3.99. The summed E-state index contributed by atoms with van der Waals surface area (Å²) in [4.78, 5) is 2.27. The van der Waals surface area contributed by atoms with Crippen LogP contribution in [-0.4, -0.2) is 29.7 Å². The number of para-hydroxylation sites is 1. The Morgan fingerprint density at radius 2 is 1.55 bits per heavy atom. The summed E-state index contributed by atoms with van der Waals surface area (Å²) >= 11 is 11.7. The predicted octanol–water partition coefficient (Wildman–Crippen LogP) is 5.29. The van der Waals surface area contributed by atoms with Gasteiger partial charge in [-0.1, -0.05) is 24.3 Å².